The van der Waals surface area contributed by atoms with Gasteiger partial charge in [-0.3, -0.25) is 14.4 Å². The summed E-state index contributed by atoms with van der Waals surface area (Å²) in [5.74, 6) is 1.85. The van der Waals surface area contributed by atoms with E-state index in [1.807, 2.05) is 0 Å². The van der Waals surface area contributed by atoms with E-state index in [9.17, 15) is 14.4 Å². The lowest BCUT2D eigenvalue weighted by atomic mass is 9.87. The third-order valence-electron chi connectivity index (χ3n) is 11.0. The van der Waals surface area contributed by atoms with Crippen molar-refractivity contribution in [2.24, 2.45) is 10.8 Å². The minimum atomic E-state index is -0.287. The molecule has 0 radical (unpaired) electrons. The van der Waals surface area contributed by atoms with Gasteiger partial charge in [0, 0.05) is 28.8 Å². The number of ether oxygens (including phenoxy) is 1. The maximum Gasteiger partial charge on any atom is 0.306 e. The number of hydrogen-bond donors (Lipinski definition) is 0. The normalized spacial score (nSPS) is 12.3. The Morgan fingerprint density at radius 1 is 0.500 bits per heavy atom. The maximum absolute atomic E-state index is 13.0. The van der Waals surface area contributed by atoms with Gasteiger partial charge in [-0.2, -0.15) is 0 Å². The summed E-state index contributed by atoms with van der Waals surface area (Å²) in [7, 11) is 4.18. The minimum Gasteiger partial charge on any atom is -0.462 e. The number of nitrogens with zero attached hydrogens (tertiary/aromatic N) is 1. The van der Waals surface area contributed by atoms with Crippen LogP contribution in [0.1, 0.15) is 234 Å². The lowest BCUT2D eigenvalue weighted by Gasteiger charge is -2.23. The van der Waals surface area contributed by atoms with Crippen LogP contribution in [0.4, 0.5) is 0 Å². The molecule has 0 heterocycles. The fourth-order valence-corrected chi connectivity index (χ4v) is 9.06. The molecule has 0 aromatic carbocycles. The average Bonchev–Trinajstić information content (AvgIpc) is 3.12. The van der Waals surface area contributed by atoms with Crippen LogP contribution in [0, 0.1) is 10.8 Å². The van der Waals surface area contributed by atoms with Crippen LogP contribution >= 0.6 is 23.5 Å². The molecule has 0 N–H and O–H groups in total. The molecule has 0 spiro atoms. The van der Waals surface area contributed by atoms with E-state index in [1.165, 1.54) is 89.9 Å². The Labute approximate surface area is 345 Å². The Morgan fingerprint density at radius 3 is 1.28 bits per heavy atom. The Morgan fingerprint density at radius 2 is 0.870 bits per heavy atom. The summed E-state index contributed by atoms with van der Waals surface area (Å²) in [4.78, 5) is 41.0. The van der Waals surface area contributed by atoms with Crippen molar-refractivity contribution in [3.05, 3.63) is 0 Å². The molecule has 0 saturated carbocycles. The van der Waals surface area contributed by atoms with Crippen LogP contribution in [0.3, 0.4) is 0 Å². The van der Waals surface area contributed by atoms with Gasteiger partial charge >= 0.3 is 5.97 Å². The zero-order chi connectivity index (χ0) is 40.3. The van der Waals surface area contributed by atoms with Gasteiger partial charge in [0.05, 0.1) is 0 Å². The van der Waals surface area contributed by atoms with Crippen molar-refractivity contribution in [1.82, 2.24) is 4.90 Å². The van der Waals surface area contributed by atoms with Crippen LogP contribution in [-0.2, 0) is 19.1 Å². The zero-order valence-electron chi connectivity index (χ0n) is 37.3. The first-order chi connectivity index (χ1) is 25.9. The third kappa shape index (κ3) is 32.5. The first-order valence-electron chi connectivity index (χ1n) is 23.0. The van der Waals surface area contributed by atoms with Crippen molar-refractivity contribution in [3.63, 3.8) is 0 Å². The van der Waals surface area contributed by atoms with Crippen LogP contribution < -0.4 is 0 Å². The Balaban J connectivity index is 4.56. The van der Waals surface area contributed by atoms with E-state index in [0.29, 0.717) is 16.7 Å². The van der Waals surface area contributed by atoms with Crippen LogP contribution in [0.5, 0.6) is 0 Å². The van der Waals surface area contributed by atoms with Gasteiger partial charge in [-0.15, -0.1) is 0 Å². The molecule has 0 aliphatic heterocycles. The second kappa shape index (κ2) is 35.6. The first-order valence-corrected chi connectivity index (χ1v) is 25.0. The van der Waals surface area contributed by atoms with Crippen molar-refractivity contribution in [3.8, 4) is 0 Å². The van der Waals surface area contributed by atoms with Gasteiger partial charge in [0.15, 0.2) is 10.2 Å². The molecule has 0 bridgehead atoms. The van der Waals surface area contributed by atoms with Gasteiger partial charge in [0.2, 0.25) is 0 Å². The second-order valence-corrected chi connectivity index (χ2v) is 20.0. The van der Waals surface area contributed by atoms with Crippen LogP contribution in [-0.4, -0.2) is 59.3 Å². The monoisotopic (exact) mass is 798 g/mol. The highest BCUT2D eigenvalue weighted by Gasteiger charge is 2.28. The molecular formula is C47H91NO4S2. The van der Waals surface area contributed by atoms with E-state index >= 15 is 0 Å². The van der Waals surface area contributed by atoms with Crippen molar-refractivity contribution in [1.29, 1.82) is 0 Å². The molecule has 0 saturated heterocycles. The van der Waals surface area contributed by atoms with E-state index in [2.05, 4.69) is 60.5 Å². The van der Waals surface area contributed by atoms with E-state index in [0.717, 1.165) is 114 Å². The smallest absolute Gasteiger partial charge is 0.306 e. The molecule has 5 nitrogen and oxygen atoms in total. The molecule has 320 valence electrons. The molecule has 0 unspecified atom stereocenters. The fourth-order valence-electron chi connectivity index (χ4n) is 7.01. The summed E-state index contributed by atoms with van der Waals surface area (Å²) >= 11 is 3.09. The average molecular weight is 798 g/mol. The molecule has 54 heavy (non-hydrogen) atoms. The van der Waals surface area contributed by atoms with Gasteiger partial charge in [0.25, 0.3) is 0 Å². The predicted molar refractivity (Wildman–Crippen MR) is 241 cm³/mol. The SMILES string of the molecule is CCCCCCCCCCSC(=O)C(C)(C)CCCCCC(CCCCCC(C)(C)C(=O)SCCCCCCCCCC)OC(=O)CCCCCN(C)C. The van der Waals surface area contributed by atoms with Gasteiger partial charge in [0.1, 0.15) is 6.10 Å². The third-order valence-corrected chi connectivity index (χ3v) is 13.6. The minimum absolute atomic E-state index is 0.0343. The summed E-state index contributed by atoms with van der Waals surface area (Å²) in [5.41, 5.74) is -0.574. The lowest BCUT2D eigenvalue weighted by Crippen LogP contribution is -2.22. The van der Waals surface area contributed by atoms with Gasteiger partial charge in [-0.05, 0) is 84.8 Å². The molecule has 0 atom stereocenters. The molecule has 0 fully saturated rings. The van der Waals surface area contributed by atoms with E-state index < -0.39 is 0 Å². The molecular weight excluding hydrogens is 707 g/mol. The summed E-state index contributed by atoms with van der Waals surface area (Å²) in [6.45, 7) is 14.0. The molecule has 0 aromatic rings. The van der Waals surface area contributed by atoms with Crippen molar-refractivity contribution in [2.75, 3.05) is 32.1 Å². The van der Waals surface area contributed by atoms with Crippen molar-refractivity contribution in [2.45, 2.75) is 240 Å². The standard InChI is InChI=1S/C47H91NO4S2/c1-9-11-13-15-17-19-21-32-40-53-44(50)46(3,4)37-29-23-26-34-42(52-43(49)36-28-25-31-39-48(7)8)35-27-24-30-38-47(5,6)45(51)54-41-33-22-20-18-16-14-12-10-2/h42H,9-41H2,1-8H3. The van der Waals surface area contributed by atoms with Crippen LogP contribution in [0.2, 0.25) is 0 Å². The largest absolute Gasteiger partial charge is 0.462 e. The number of carbonyl (C=O) groups is 3. The Kier molecular flexibility index (Phi) is 35.3. The van der Waals surface area contributed by atoms with E-state index in [-0.39, 0.29) is 22.9 Å². The maximum atomic E-state index is 13.0. The number of carbonyl (C=O) groups excluding carboxylic acids is 3. The van der Waals surface area contributed by atoms with Gasteiger partial charge in [-0.25, -0.2) is 0 Å². The number of rotatable bonds is 39. The van der Waals surface area contributed by atoms with Crippen molar-refractivity contribution < 1.29 is 19.1 Å². The first kappa shape index (κ1) is 53.5. The second-order valence-electron chi connectivity index (χ2n) is 17.9. The summed E-state index contributed by atoms with van der Waals surface area (Å²) in [6.07, 6.45) is 34.1. The molecule has 7 heteroatoms. The van der Waals surface area contributed by atoms with Crippen LogP contribution in [0.15, 0.2) is 0 Å². The van der Waals surface area contributed by atoms with Crippen molar-refractivity contribution >= 4 is 39.7 Å². The highest BCUT2D eigenvalue weighted by Crippen LogP contribution is 2.32. The summed E-state index contributed by atoms with van der Waals surface area (Å²) in [5, 5.41) is 0.685. The lowest BCUT2D eigenvalue weighted by molar-refractivity contribution is -0.150. The molecule has 0 aliphatic rings. The number of unbranched alkanes of at least 4 members (excludes halogenated alkanes) is 20. The number of hydrogen-bond acceptors (Lipinski definition) is 7. The van der Waals surface area contributed by atoms with Crippen LogP contribution in [0.25, 0.3) is 0 Å². The van der Waals surface area contributed by atoms with Gasteiger partial charge in [-0.1, -0.05) is 187 Å². The Hall–Kier alpha value is -0.530. The van der Waals surface area contributed by atoms with E-state index in [1.54, 1.807) is 23.5 Å². The molecule has 0 aliphatic carbocycles. The molecule has 0 aromatic heterocycles. The predicted octanol–water partition coefficient (Wildman–Crippen LogP) is 14.8. The molecule has 0 rings (SSSR count). The highest BCUT2D eigenvalue weighted by molar-refractivity contribution is 8.14. The number of thioether (sulfide) groups is 2. The summed E-state index contributed by atoms with van der Waals surface area (Å²) in [6, 6.07) is 0. The quantitative estimate of drug-likeness (QED) is 0.0453. The van der Waals surface area contributed by atoms with Gasteiger partial charge < -0.3 is 9.64 Å². The summed E-state index contributed by atoms with van der Waals surface area (Å²) < 4.78 is 6.08. The topological polar surface area (TPSA) is 63.7 Å². The fraction of sp³-hybridized carbons (Fsp3) is 0.936. The number of esters is 1. The van der Waals surface area contributed by atoms with E-state index in [4.69, 9.17) is 4.74 Å². The zero-order valence-corrected chi connectivity index (χ0v) is 38.9. The Bertz CT molecular complexity index is 850. The molecule has 0 amide bonds. The highest BCUT2D eigenvalue weighted by atomic mass is 32.2.